The average Bonchev–Trinajstić information content (AvgIpc) is 3.15. The molecule has 0 aliphatic heterocycles. The van der Waals surface area contributed by atoms with Gasteiger partial charge in [0.25, 0.3) is 0 Å². The van der Waals surface area contributed by atoms with E-state index in [0.29, 0.717) is 6.42 Å². The van der Waals surface area contributed by atoms with Gasteiger partial charge >= 0.3 is 0 Å². The van der Waals surface area contributed by atoms with Crippen LogP contribution in [0.25, 0.3) is 5.69 Å². The van der Waals surface area contributed by atoms with E-state index in [-0.39, 0.29) is 11.9 Å². The molecule has 1 heterocycles. The van der Waals surface area contributed by atoms with Gasteiger partial charge in [-0.1, -0.05) is 36.4 Å². The van der Waals surface area contributed by atoms with Crippen LogP contribution in [-0.2, 0) is 11.2 Å². The maximum atomic E-state index is 12.8. The van der Waals surface area contributed by atoms with Gasteiger partial charge in [-0.05, 0) is 44.3 Å². The van der Waals surface area contributed by atoms with Crippen LogP contribution in [0, 0.1) is 0 Å². The Morgan fingerprint density at radius 3 is 2.48 bits per heavy atom. The summed E-state index contributed by atoms with van der Waals surface area (Å²) in [7, 11) is 3.83. The molecule has 0 saturated carbocycles. The van der Waals surface area contributed by atoms with Crippen molar-refractivity contribution >= 4 is 11.6 Å². The van der Waals surface area contributed by atoms with Crippen molar-refractivity contribution in [1.29, 1.82) is 0 Å². The first kappa shape index (κ1) is 16.9. The fourth-order valence-corrected chi connectivity index (χ4v) is 2.65. The van der Waals surface area contributed by atoms with Crippen molar-refractivity contribution < 1.29 is 4.79 Å². The van der Waals surface area contributed by atoms with E-state index < -0.39 is 0 Å². The lowest BCUT2D eigenvalue weighted by Gasteiger charge is -2.23. The summed E-state index contributed by atoms with van der Waals surface area (Å²) in [6.07, 6.45) is 3.91. The highest BCUT2D eigenvalue weighted by Crippen LogP contribution is 2.16. The topological polar surface area (TPSA) is 63.1 Å². The molecule has 0 fully saturated rings. The Morgan fingerprint density at radius 2 is 1.80 bits per heavy atom. The van der Waals surface area contributed by atoms with Crippen molar-refractivity contribution in [1.82, 2.24) is 19.7 Å². The van der Waals surface area contributed by atoms with Gasteiger partial charge in [-0.15, -0.1) is 10.2 Å². The van der Waals surface area contributed by atoms with Gasteiger partial charge in [0, 0.05) is 5.69 Å². The summed E-state index contributed by atoms with van der Waals surface area (Å²) >= 11 is 0. The van der Waals surface area contributed by atoms with Crippen molar-refractivity contribution in [3.63, 3.8) is 0 Å². The van der Waals surface area contributed by atoms with Crippen molar-refractivity contribution in [2.24, 2.45) is 0 Å². The molecular formula is C19H21N5O. The van der Waals surface area contributed by atoms with Crippen molar-refractivity contribution in [2.75, 3.05) is 19.4 Å². The van der Waals surface area contributed by atoms with E-state index in [2.05, 4.69) is 15.5 Å². The number of hydrogen-bond donors (Lipinski definition) is 1. The van der Waals surface area contributed by atoms with Crippen LogP contribution >= 0.6 is 0 Å². The quantitative estimate of drug-likeness (QED) is 0.751. The second-order valence-electron chi connectivity index (χ2n) is 6.08. The second kappa shape index (κ2) is 7.72. The van der Waals surface area contributed by atoms with Gasteiger partial charge < -0.3 is 5.32 Å². The lowest BCUT2D eigenvalue weighted by atomic mass is 10.0. The maximum Gasteiger partial charge on any atom is 0.242 e. The number of hydrogen-bond acceptors (Lipinski definition) is 4. The smallest absolute Gasteiger partial charge is 0.242 e. The number of rotatable bonds is 6. The summed E-state index contributed by atoms with van der Waals surface area (Å²) < 4.78 is 1.79. The van der Waals surface area contributed by atoms with Crippen LogP contribution < -0.4 is 5.32 Å². The zero-order chi connectivity index (χ0) is 17.6. The van der Waals surface area contributed by atoms with Crippen molar-refractivity contribution in [2.45, 2.75) is 12.5 Å². The van der Waals surface area contributed by atoms with E-state index in [4.69, 9.17) is 0 Å². The maximum absolute atomic E-state index is 12.8. The second-order valence-corrected chi connectivity index (χ2v) is 6.08. The lowest BCUT2D eigenvalue weighted by Crippen LogP contribution is -2.41. The molecule has 128 valence electrons. The molecule has 0 aliphatic carbocycles. The number of carbonyl (C=O) groups is 1. The largest absolute Gasteiger partial charge is 0.325 e. The standard InChI is InChI=1S/C19H21N5O/c1-23(2)18(11-15-7-4-3-5-8-15)19(25)22-16-9-6-10-17(12-16)24-13-20-21-14-24/h3-10,12-14,18H,11H2,1-2H3,(H,22,25)/t18-/m1/s1. The number of nitrogens with zero attached hydrogens (tertiary/aromatic N) is 4. The number of amides is 1. The van der Waals surface area contributed by atoms with E-state index in [1.165, 1.54) is 0 Å². The Morgan fingerprint density at radius 1 is 1.08 bits per heavy atom. The van der Waals surface area contributed by atoms with E-state index in [1.807, 2.05) is 73.6 Å². The first-order valence-electron chi connectivity index (χ1n) is 8.10. The normalized spacial score (nSPS) is 12.1. The molecule has 3 aromatic rings. The predicted molar refractivity (Wildman–Crippen MR) is 97.6 cm³/mol. The number of nitrogens with one attached hydrogen (secondary N) is 1. The minimum absolute atomic E-state index is 0.0326. The van der Waals surface area contributed by atoms with E-state index in [1.54, 1.807) is 17.2 Å². The van der Waals surface area contributed by atoms with Crippen LogP contribution in [0.15, 0.2) is 67.3 Å². The number of aromatic nitrogens is 3. The molecule has 0 radical (unpaired) electrons. The zero-order valence-corrected chi connectivity index (χ0v) is 14.3. The Bertz CT molecular complexity index is 815. The van der Waals surface area contributed by atoms with Gasteiger partial charge in [0.05, 0.1) is 11.7 Å². The first-order chi connectivity index (χ1) is 12.1. The molecule has 25 heavy (non-hydrogen) atoms. The van der Waals surface area contributed by atoms with Crippen LogP contribution in [0.1, 0.15) is 5.56 Å². The van der Waals surface area contributed by atoms with Crippen molar-refractivity contribution in [3.8, 4) is 5.69 Å². The highest BCUT2D eigenvalue weighted by atomic mass is 16.2. The van der Waals surface area contributed by atoms with Gasteiger partial charge in [0.2, 0.25) is 5.91 Å². The molecule has 1 N–H and O–H groups in total. The monoisotopic (exact) mass is 335 g/mol. The molecule has 6 heteroatoms. The van der Waals surface area contributed by atoms with Crippen LogP contribution in [0.3, 0.4) is 0 Å². The van der Waals surface area contributed by atoms with Crippen LogP contribution in [0.4, 0.5) is 5.69 Å². The third-order valence-corrected chi connectivity index (χ3v) is 4.03. The summed E-state index contributed by atoms with van der Waals surface area (Å²) in [5.74, 6) is -0.0326. The van der Waals surface area contributed by atoms with Crippen molar-refractivity contribution in [3.05, 3.63) is 72.8 Å². The number of carbonyl (C=O) groups excluding carboxylic acids is 1. The van der Waals surface area contributed by atoms with Gasteiger partial charge in [0.15, 0.2) is 0 Å². The fourth-order valence-electron chi connectivity index (χ4n) is 2.65. The highest BCUT2D eigenvalue weighted by molar-refractivity contribution is 5.95. The van der Waals surface area contributed by atoms with E-state index >= 15 is 0 Å². The van der Waals surface area contributed by atoms with Gasteiger partial charge in [-0.3, -0.25) is 14.3 Å². The Labute approximate surface area is 147 Å². The molecule has 0 aliphatic rings. The molecular weight excluding hydrogens is 314 g/mol. The lowest BCUT2D eigenvalue weighted by molar-refractivity contribution is -0.120. The molecule has 1 amide bonds. The average molecular weight is 335 g/mol. The highest BCUT2D eigenvalue weighted by Gasteiger charge is 2.21. The summed E-state index contributed by atoms with van der Waals surface area (Å²) in [4.78, 5) is 14.7. The number of likely N-dealkylation sites (N-methyl/N-ethyl adjacent to an activating group) is 1. The molecule has 0 unspecified atom stereocenters. The Balaban J connectivity index is 1.74. The van der Waals surface area contributed by atoms with Crippen LogP contribution in [-0.4, -0.2) is 45.7 Å². The van der Waals surface area contributed by atoms with Crippen LogP contribution in [0.2, 0.25) is 0 Å². The molecule has 2 aromatic carbocycles. The minimum Gasteiger partial charge on any atom is -0.325 e. The molecule has 1 atom stereocenters. The fraction of sp³-hybridized carbons (Fsp3) is 0.211. The van der Waals surface area contributed by atoms with Crippen LogP contribution in [0.5, 0.6) is 0 Å². The van der Waals surface area contributed by atoms with E-state index in [9.17, 15) is 4.79 Å². The third-order valence-electron chi connectivity index (χ3n) is 4.03. The molecule has 0 spiro atoms. The molecule has 6 nitrogen and oxygen atoms in total. The summed E-state index contributed by atoms with van der Waals surface area (Å²) in [6, 6.07) is 17.4. The molecule has 0 saturated heterocycles. The molecule has 3 rings (SSSR count). The zero-order valence-electron chi connectivity index (χ0n) is 14.3. The van der Waals surface area contributed by atoms with Gasteiger partial charge in [0.1, 0.15) is 12.7 Å². The van der Waals surface area contributed by atoms with Gasteiger partial charge in [-0.25, -0.2) is 0 Å². The van der Waals surface area contributed by atoms with Gasteiger partial charge in [-0.2, -0.15) is 0 Å². The molecule has 0 bridgehead atoms. The minimum atomic E-state index is -0.249. The van der Waals surface area contributed by atoms with E-state index in [0.717, 1.165) is 16.9 Å². The summed E-state index contributed by atoms with van der Waals surface area (Å²) in [5, 5.41) is 10.6. The predicted octanol–water partition coefficient (Wildman–Crippen LogP) is 2.38. The Hall–Kier alpha value is -2.99. The Kier molecular flexibility index (Phi) is 5.20. The number of benzene rings is 2. The number of anilines is 1. The first-order valence-corrected chi connectivity index (χ1v) is 8.10. The summed E-state index contributed by atoms with van der Waals surface area (Å²) in [6.45, 7) is 0. The molecule has 1 aromatic heterocycles. The SMILES string of the molecule is CN(C)[C@H](Cc1ccccc1)C(=O)Nc1cccc(-n2cnnc2)c1. The third kappa shape index (κ3) is 4.30. The summed E-state index contributed by atoms with van der Waals surface area (Å²) in [5.41, 5.74) is 2.78.